The first kappa shape index (κ1) is 14.0. The molecule has 1 aliphatic rings. The van der Waals surface area contributed by atoms with Crippen molar-refractivity contribution in [3.8, 4) is 0 Å². The zero-order valence-corrected chi connectivity index (χ0v) is 13.1. The molecule has 4 rings (SSSR count). The average molecular weight is 320 g/mol. The summed E-state index contributed by atoms with van der Waals surface area (Å²) in [6.07, 6.45) is 7.66. The predicted molar refractivity (Wildman–Crippen MR) is 90.3 cm³/mol. The highest BCUT2D eigenvalue weighted by molar-refractivity contribution is 7.10. The smallest absolute Gasteiger partial charge is 0.339 e. The topological polar surface area (TPSA) is 60.9 Å². The molecule has 2 N–H and O–H groups in total. The summed E-state index contributed by atoms with van der Waals surface area (Å²) in [4.78, 5) is 12.9. The molecular weight excluding hydrogens is 306 g/mol. The molecule has 0 saturated carbocycles. The van der Waals surface area contributed by atoms with Gasteiger partial charge in [0, 0.05) is 16.9 Å². The first-order valence-electron chi connectivity index (χ1n) is 7.29. The van der Waals surface area contributed by atoms with Crippen LogP contribution in [-0.4, -0.2) is 15.8 Å². The van der Waals surface area contributed by atoms with Crippen molar-refractivity contribution in [2.24, 2.45) is 5.73 Å². The van der Waals surface area contributed by atoms with Crippen LogP contribution >= 0.6 is 11.3 Å². The van der Waals surface area contributed by atoms with Crippen LogP contribution < -0.4 is 5.73 Å². The maximum atomic E-state index is 11.6. The van der Waals surface area contributed by atoms with Crippen LogP contribution in [0.3, 0.4) is 0 Å². The van der Waals surface area contributed by atoms with E-state index in [9.17, 15) is 4.79 Å². The molecule has 2 aromatic heterocycles. The Morgan fingerprint density at radius 3 is 2.78 bits per heavy atom. The lowest BCUT2D eigenvalue weighted by Crippen LogP contribution is -2.33. The highest BCUT2D eigenvalue weighted by Gasteiger charge is 2.37. The summed E-state index contributed by atoms with van der Waals surface area (Å²) < 4.78 is 1.25. The van der Waals surface area contributed by atoms with Crippen molar-refractivity contribution in [1.29, 1.82) is 0 Å². The van der Waals surface area contributed by atoms with E-state index in [2.05, 4.69) is 41.0 Å². The van der Waals surface area contributed by atoms with Crippen molar-refractivity contribution in [3.05, 3.63) is 81.8 Å². The Hall–Kier alpha value is -2.66. The largest absolute Gasteiger partial charge is 0.350 e. The van der Waals surface area contributed by atoms with Gasteiger partial charge in [-0.1, -0.05) is 48.6 Å². The number of hydrogen-bond donors (Lipinski definition) is 1. The minimum absolute atomic E-state index is 0.316. The van der Waals surface area contributed by atoms with Gasteiger partial charge in [0.15, 0.2) is 0 Å². The van der Waals surface area contributed by atoms with Crippen LogP contribution in [0.25, 0.3) is 6.08 Å². The highest BCUT2D eigenvalue weighted by atomic mass is 32.1. The van der Waals surface area contributed by atoms with E-state index in [0.29, 0.717) is 6.42 Å². The van der Waals surface area contributed by atoms with Gasteiger partial charge in [-0.25, -0.2) is 4.79 Å². The lowest BCUT2D eigenvalue weighted by molar-refractivity contribution is 0.246. The molecule has 1 aliphatic carbocycles. The number of aromatic nitrogens is 2. The Labute approximate surface area is 137 Å². The van der Waals surface area contributed by atoms with E-state index in [4.69, 9.17) is 5.73 Å². The molecule has 1 unspecified atom stereocenters. The minimum atomic E-state index is -0.578. The zero-order chi connectivity index (χ0) is 15.9. The van der Waals surface area contributed by atoms with E-state index in [1.807, 2.05) is 30.3 Å². The van der Waals surface area contributed by atoms with Crippen LogP contribution in [0.5, 0.6) is 0 Å². The van der Waals surface area contributed by atoms with Crippen molar-refractivity contribution >= 4 is 23.4 Å². The van der Waals surface area contributed by atoms with Crippen LogP contribution in [0, 0.1) is 6.20 Å². The molecule has 0 spiro atoms. The van der Waals surface area contributed by atoms with E-state index >= 15 is 0 Å². The number of carbonyl (C=O) groups excluding carboxylic acids is 1. The van der Waals surface area contributed by atoms with Gasteiger partial charge in [-0.15, -0.1) is 11.3 Å². The number of nitrogens with two attached hydrogens (primary N) is 1. The molecule has 113 valence electrons. The molecular formula is C18H14N3OS. The SMILES string of the molecule is NC(=O)n1n[c]c2c1CC(c1ccccc1)(c1cccs1)C=C2. The number of amides is 1. The summed E-state index contributed by atoms with van der Waals surface area (Å²) in [6, 6.07) is 13.9. The Balaban J connectivity index is 1.92. The minimum Gasteiger partial charge on any atom is -0.350 e. The van der Waals surface area contributed by atoms with Gasteiger partial charge >= 0.3 is 6.03 Å². The molecule has 0 saturated heterocycles. The molecule has 3 aromatic rings. The number of nitrogens with zero attached hydrogens (tertiary/aromatic N) is 2. The van der Waals surface area contributed by atoms with Gasteiger partial charge in [-0.3, -0.25) is 0 Å². The fourth-order valence-electron chi connectivity index (χ4n) is 3.16. The average Bonchev–Trinajstić information content (AvgIpc) is 3.24. The van der Waals surface area contributed by atoms with E-state index in [-0.39, 0.29) is 5.41 Å². The molecule has 0 aliphatic heterocycles. The Kier molecular flexibility index (Phi) is 3.16. The molecule has 2 heterocycles. The number of benzene rings is 1. The van der Waals surface area contributed by atoms with Crippen molar-refractivity contribution in [2.45, 2.75) is 11.8 Å². The molecule has 23 heavy (non-hydrogen) atoms. The van der Waals surface area contributed by atoms with Crippen molar-refractivity contribution in [2.75, 3.05) is 0 Å². The Morgan fingerprint density at radius 1 is 1.26 bits per heavy atom. The molecule has 1 atom stereocenters. The third-order valence-electron chi connectivity index (χ3n) is 4.28. The van der Waals surface area contributed by atoms with E-state index in [0.717, 1.165) is 11.3 Å². The number of thiophene rings is 1. The second kappa shape index (κ2) is 5.21. The first-order chi connectivity index (χ1) is 11.2. The number of fused-ring (bicyclic) bond motifs is 1. The maximum absolute atomic E-state index is 11.6. The second-order valence-electron chi connectivity index (χ2n) is 5.55. The summed E-state index contributed by atoms with van der Waals surface area (Å²) in [7, 11) is 0. The van der Waals surface area contributed by atoms with Gasteiger partial charge in [0.05, 0.1) is 11.1 Å². The summed E-state index contributed by atoms with van der Waals surface area (Å²) in [5.41, 5.74) is 7.94. The number of hydrogen-bond acceptors (Lipinski definition) is 3. The molecule has 0 bridgehead atoms. The highest BCUT2D eigenvalue weighted by Crippen LogP contribution is 2.43. The van der Waals surface area contributed by atoms with E-state index in [1.54, 1.807) is 11.3 Å². The zero-order valence-electron chi connectivity index (χ0n) is 12.3. The number of primary amides is 1. The van der Waals surface area contributed by atoms with Crippen LogP contribution in [-0.2, 0) is 11.8 Å². The maximum Gasteiger partial charge on any atom is 0.339 e. The number of carbonyl (C=O) groups is 1. The predicted octanol–water partition coefficient (Wildman–Crippen LogP) is 3.23. The summed E-state index contributed by atoms with van der Waals surface area (Å²) in [6.45, 7) is 0. The van der Waals surface area contributed by atoms with Crippen molar-refractivity contribution in [1.82, 2.24) is 9.78 Å². The van der Waals surface area contributed by atoms with Gasteiger partial charge in [0.1, 0.15) is 6.20 Å². The number of allylic oxidation sites excluding steroid dienone is 1. The van der Waals surface area contributed by atoms with Crippen LogP contribution in [0.4, 0.5) is 4.79 Å². The van der Waals surface area contributed by atoms with Crippen LogP contribution in [0.15, 0.2) is 53.9 Å². The molecule has 5 heteroatoms. The van der Waals surface area contributed by atoms with E-state index < -0.39 is 6.03 Å². The van der Waals surface area contributed by atoms with Gasteiger partial charge in [-0.05, 0) is 17.0 Å². The summed E-state index contributed by atoms with van der Waals surface area (Å²) in [5.74, 6) is 0. The third-order valence-corrected chi connectivity index (χ3v) is 5.32. The van der Waals surface area contributed by atoms with Crippen molar-refractivity contribution < 1.29 is 4.79 Å². The second-order valence-corrected chi connectivity index (χ2v) is 6.49. The Morgan fingerprint density at radius 2 is 2.09 bits per heavy atom. The molecule has 1 aromatic carbocycles. The van der Waals surface area contributed by atoms with Gasteiger partial charge < -0.3 is 5.73 Å². The summed E-state index contributed by atoms with van der Waals surface area (Å²) >= 11 is 1.71. The first-order valence-corrected chi connectivity index (χ1v) is 8.17. The van der Waals surface area contributed by atoms with E-state index in [1.165, 1.54) is 15.1 Å². The monoisotopic (exact) mass is 320 g/mol. The molecule has 1 amide bonds. The fourth-order valence-corrected chi connectivity index (χ4v) is 4.08. The quantitative estimate of drug-likeness (QED) is 0.788. The van der Waals surface area contributed by atoms with Gasteiger partial charge in [0.25, 0.3) is 0 Å². The van der Waals surface area contributed by atoms with Gasteiger partial charge in [-0.2, -0.15) is 9.78 Å². The molecule has 0 fully saturated rings. The standard InChI is InChI=1S/C18H14N3OS/c19-17(22)21-15-11-18(16-7-4-10-23-16,9-8-13(15)12-20-21)14-5-2-1-3-6-14/h1-10H,11H2,(H2,19,22). The Bertz CT molecular complexity index is 880. The fraction of sp³-hybridized carbons (Fsp3) is 0.111. The van der Waals surface area contributed by atoms with Gasteiger partial charge in [0.2, 0.25) is 0 Å². The third kappa shape index (κ3) is 2.12. The normalized spacial score (nSPS) is 19.5. The lowest BCUT2D eigenvalue weighted by atomic mass is 9.72. The van der Waals surface area contributed by atoms with Crippen LogP contribution in [0.2, 0.25) is 0 Å². The molecule has 1 radical (unpaired) electrons. The van der Waals surface area contributed by atoms with Crippen LogP contribution in [0.1, 0.15) is 21.7 Å². The molecule has 4 nitrogen and oxygen atoms in total. The lowest BCUT2D eigenvalue weighted by Gasteiger charge is -2.33. The summed E-state index contributed by atoms with van der Waals surface area (Å²) in [5, 5.41) is 6.08. The number of rotatable bonds is 2. The van der Waals surface area contributed by atoms with Crippen molar-refractivity contribution in [3.63, 3.8) is 0 Å².